The van der Waals surface area contributed by atoms with Gasteiger partial charge in [0.25, 0.3) is 0 Å². The van der Waals surface area contributed by atoms with Crippen molar-refractivity contribution >= 4 is 5.82 Å². The predicted molar refractivity (Wildman–Crippen MR) is 83.8 cm³/mol. The molecule has 1 aliphatic rings. The van der Waals surface area contributed by atoms with E-state index in [-0.39, 0.29) is 5.82 Å². The van der Waals surface area contributed by atoms with Crippen molar-refractivity contribution in [2.75, 3.05) is 11.9 Å². The molecule has 0 atom stereocenters. The van der Waals surface area contributed by atoms with Crippen LogP contribution in [0.15, 0.2) is 30.3 Å². The number of ether oxygens (including phenoxy) is 1. The summed E-state index contributed by atoms with van der Waals surface area (Å²) in [6.07, 6.45) is -2.06. The number of hydrogen-bond acceptors (Lipinski definition) is 4. The van der Waals surface area contributed by atoms with E-state index in [1.165, 1.54) is 18.9 Å². The fourth-order valence-electron chi connectivity index (χ4n) is 2.20. The Morgan fingerprint density at radius 2 is 1.96 bits per heavy atom. The smallest absolute Gasteiger partial charge is 0.435 e. The van der Waals surface area contributed by atoms with Gasteiger partial charge in [0.1, 0.15) is 11.6 Å². The van der Waals surface area contributed by atoms with Gasteiger partial charge in [-0.25, -0.2) is 0 Å². The van der Waals surface area contributed by atoms with Crippen LogP contribution in [0.25, 0.3) is 0 Å². The molecule has 3 rings (SSSR count). The zero-order valence-electron chi connectivity index (χ0n) is 13.2. The maximum Gasteiger partial charge on any atom is 0.435 e. The van der Waals surface area contributed by atoms with Gasteiger partial charge in [0.05, 0.1) is 6.61 Å². The number of halogens is 3. The average Bonchev–Trinajstić information content (AvgIpc) is 3.36. The molecule has 1 aromatic heterocycles. The summed E-state index contributed by atoms with van der Waals surface area (Å²) >= 11 is 0. The Labute approximate surface area is 138 Å². The number of aromatic nitrogens is 2. The second-order valence-corrected chi connectivity index (χ2v) is 6.02. The number of aryl methyl sites for hydroxylation is 1. The minimum absolute atomic E-state index is 0.289. The van der Waals surface area contributed by atoms with Gasteiger partial charge in [0, 0.05) is 12.1 Å². The molecule has 7 heteroatoms. The van der Waals surface area contributed by atoms with Crippen LogP contribution in [0.4, 0.5) is 19.0 Å². The quantitative estimate of drug-likeness (QED) is 0.858. The van der Waals surface area contributed by atoms with Crippen molar-refractivity contribution in [2.45, 2.75) is 32.5 Å². The largest absolute Gasteiger partial charge is 0.493 e. The SMILES string of the molecule is Cc1ccc(CNc2ccc(C(F)(F)F)nn2)c(OCC2CC2)c1. The van der Waals surface area contributed by atoms with Gasteiger partial charge in [0.15, 0.2) is 5.69 Å². The minimum Gasteiger partial charge on any atom is -0.493 e. The van der Waals surface area contributed by atoms with Gasteiger partial charge in [-0.2, -0.15) is 13.2 Å². The number of nitrogens with zero attached hydrogens (tertiary/aromatic N) is 2. The average molecular weight is 337 g/mol. The van der Waals surface area contributed by atoms with Crippen molar-refractivity contribution < 1.29 is 17.9 Å². The molecule has 0 spiro atoms. The summed E-state index contributed by atoms with van der Waals surface area (Å²) in [7, 11) is 0. The van der Waals surface area contributed by atoms with E-state index in [2.05, 4.69) is 15.5 Å². The Hall–Kier alpha value is -2.31. The maximum absolute atomic E-state index is 12.5. The Kier molecular flexibility index (Phi) is 4.59. The van der Waals surface area contributed by atoms with Gasteiger partial charge < -0.3 is 10.1 Å². The van der Waals surface area contributed by atoms with Crippen LogP contribution in [0.1, 0.15) is 29.7 Å². The lowest BCUT2D eigenvalue weighted by molar-refractivity contribution is -0.141. The molecule has 1 aromatic carbocycles. The molecule has 0 aliphatic heterocycles. The molecule has 0 radical (unpaired) electrons. The highest BCUT2D eigenvalue weighted by Gasteiger charge is 2.32. The first kappa shape index (κ1) is 16.5. The van der Waals surface area contributed by atoms with E-state index in [0.717, 1.165) is 22.9 Å². The molecule has 1 N–H and O–H groups in total. The molecule has 0 amide bonds. The normalized spacial score (nSPS) is 14.5. The number of anilines is 1. The van der Waals surface area contributed by atoms with E-state index in [4.69, 9.17) is 4.74 Å². The van der Waals surface area contributed by atoms with Gasteiger partial charge >= 0.3 is 6.18 Å². The fraction of sp³-hybridized carbons (Fsp3) is 0.412. The molecule has 24 heavy (non-hydrogen) atoms. The number of rotatable bonds is 6. The maximum atomic E-state index is 12.5. The third-order valence-electron chi connectivity index (χ3n) is 3.81. The highest BCUT2D eigenvalue weighted by molar-refractivity contribution is 5.41. The summed E-state index contributed by atoms with van der Waals surface area (Å²) in [4.78, 5) is 0. The van der Waals surface area contributed by atoms with Crippen LogP contribution >= 0.6 is 0 Å². The van der Waals surface area contributed by atoms with Gasteiger partial charge in [-0.3, -0.25) is 0 Å². The molecular weight excluding hydrogens is 319 g/mol. The van der Waals surface area contributed by atoms with E-state index in [1.54, 1.807) is 0 Å². The van der Waals surface area contributed by atoms with Crippen molar-refractivity contribution in [2.24, 2.45) is 5.92 Å². The van der Waals surface area contributed by atoms with Crippen LogP contribution in [0.3, 0.4) is 0 Å². The molecule has 0 bridgehead atoms. The number of alkyl halides is 3. The summed E-state index contributed by atoms with van der Waals surface area (Å²) in [6.45, 7) is 3.10. The number of nitrogens with one attached hydrogen (secondary N) is 1. The van der Waals surface area contributed by atoms with Crippen LogP contribution in [0.2, 0.25) is 0 Å². The van der Waals surface area contributed by atoms with E-state index < -0.39 is 11.9 Å². The number of benzene rings is 1. The lowest BCUT2D eigenvalue weighted by Gasteiger charge is -2.13. The Balaban J connectivity index is 1.65. The first-order valence-corrected chi connectivity index (χ1v) is 7.79. The summed E-state index contributed by atoms with van der Waals surface area (Å²) in [5.41, 5.74) is 1.03. The minimum atomic E-state index is -4.48. The second-order valence-electron chi connectivity index (χ2n) is 6.02. The summed E-state index contributed by atoms with van der Waals surface area (Å²) in [6, 6.07) is 8.07. The van der Waals surface area contributed by atoms with Crippen molar-refractivity contribution in [3.8, 4) is 5.75 Å². The topological polar surface area (TPSA) is 47.0 Å². The van der Waals surface area contributed by atoms with Crippen LogP contribution in [-0.4, -0.2) is 16.8 Å². The molecule has 0 unspecified atom stereocenters. The Morgan fingerprint density at radius 1 is 1.17 bits per heavy atom. The predicted octanol–water partition coefficient (Wildman–Crippen LogP) is 4.20. The third kappa shape index (κ3) is 4.37. The van der Waals surface area contributed by atoms with E-state index in [0.29, 0.717) is 19.1 Å². The van der Waals surface area contributed by atoms with Crippen LogP contribution in [0.5, 0.6) is 5.75 Å². The molecule has 1 saturated carbocycles. The fourth-order valence-corrected chi connectivity index (χ4v) is 2.20. The van der Waals surface area contributed by atoms with Crippen molar-refractivity contribution in [3.05, 3.63) is 47.2 Å². The van der Waals surface area contributed by atoms with Crippen LogP contribution in [-0.2, 0) is 12.7 Å². The lowest BCUT2D eigenvalue weighted by Crippen LogP contribution is -2.11. The summed E-state index contributed by atoms with van der Waals surface area (Å²) in [5, 5.41) is 9.75. The van der Waals surface area contributed by atoms with Gasteiger partial charge in [-0.1, -0.05) is 12.1 Å². The lowest BCUT2D eigenvalue weighted by atomic mass is 10.1. The number of hydrogen-bond donors (Lipinski definition) is 1. The zero-order chi connectivity index (χ0) is 17.2. The summed E-state index contributed by atoms with van der Waals surface area (Å²) in [5.74, 6) is 1.73. The van der Waals surface area contributed by atoms with E-state index in [1.807, 2.05) is 25.1 Å². The van der Waals surface area contributed by atoms with Gasteiger partial charge in [-0.15, -0.1) is 10.2 Å². The second kappa shape index (κ2) is 6.67. The molecule has 1 heterocycles. The third-order valence-corrected chi connectivity index (χ3v) is 3.81. The zero-order valence-corrected chi connectivity index (χ0v) is 13.2. The molecule has 1 fully saturated rings. The van der Waals surface area contributed by atoms with Crippen molar-refractivity contribution in [1.82, 2.24) is 10.2 Å². The highest BCUT2D eigenvalue weighted by Crippen LogP contribution is 2.31. The molecule has 4 nitrogen and oxygen atoms in total. The van der Waals surface area contributed by atoms with Crippen molar-refractivity contribution in [1.29, 1.82) is 0 Å². The highest BCUT2D eigenvalue weighted by atomic mass is 19.4. The molecule has 128 valence electrons. The molecule has 1 aliphatic carbocycles. The standard InChI is InChI=1S/C17H18F3N3O/c1-11-2-5-13(14(8-11)24-10-12-3-4-12)9-21-16-7-6-15(22-23-16)17(18,19)20/h2,5-8,12H,3-4,9-10H2,1H3,(H,21,23). The first-order chi connectivity index (χ1) is 11.4. The van der Waals surface area contributed by atoms with E-state index in [9.17, 15) is 13.2 Å². The van der Waals surface area contributed by atoms with E-state index >= 15 is 0 Å². The summed E-state index contributed by atoms with van der Waals surface area (Å²) < 4.78 is 43.3. The van der Waals surface area contributed by atoms with Crippen molar-refractivity contribution in [3.63, 3.8) is 0 Å². The first-order valence-electron chi connectivity index (χ1n) is 7.79. The van der Waals surface area contributed by atoms with Crippen LogP contribution < -0.4 is 10.1 Å². The Bertz CT molecular complexity index is 697. The monoisotopic (exact) mass is 337 g/mol. The van der Waals surface area contributed by atoms with Gasteiger partial charge in [0.2, 0.25) is 0 Å². The Morgan fingerprint density at radius 3 is 2.58 bits per heavy atom. The van der Waals surface area contributed by atoms with Crippen LogP contribution in [0, 0.1) is 12.8 Å². The van der Waals surface area contributed by atoms with Gasteiger partial charge in [-0.05, 0) is 49.4 Å². The molecule has 0 saturated heterocycles. The molecular formula is C17H18F3N3O. The molecule has 2 aromatic rings.